The summed E-state index contributed by atoms with van der Waals surface area (Å²) in [7, 11) is 0. The molecule has 0 aliphatic rings. The van der Waals surface area contributed by atoms with E-state index < -0.39 is 18.6 Å². The Kier molecular flexibility index (Phi) is 20.1. The van der Waals surface area contributed by atoms with E-state index in [1.807, 2.05) is 0 Å². The zero-order valence-corrected chi connectivity index (χ0v) is 17.8. The molecule has 0 heterocycles. The van der Waals surface area contributed by atoms with E-state index >= 15 is 0 Å². The molecule has 0 N–H and O–H groups in total. The molecule has 0 aromatic carbocycles. The Morgan fingerprint density at radius 2 is 0.636 bits per heavy atom. The summed E-state index contributed by atoms with van der Waals surface area (Å²) in [5.41, 5.74) is 0. The van der Waals surface area contributed by atoms with E-state index in [9.17, 15) is 0 Å². The Morgan fingerprint density at radius 3 is 0.636 bits per heavy atom. The molecule has 0 spiro atoms. The normalized spacial score (nSPS) is 11.0. The van der Waals surface area contributed by atoms with Crippen molar-refractivity contribution in [2.45, 2.75) is 55.4 Å². The van der Waals surface area contributed by atoms with Crippen molar-refractivity contribution in [1.29, 1.82) is 0 Å². The molecule has 0 unspecified atom stereocenters. The van der Waals surface area contributed by atoms with Crippen molar-refractivity contribution in [2.24, 2.45) is 0 Å². The summed E-state index contributed by atoms with van der Waals surface area (Å²) in [6.07, 6.45) is 0. The van der Waals surface area contributed by atoms with E-state index in [4.69, 9.17) is 10.7 Å². The van der Waals surface area contributed by atoms with Gasteiger partial charge in [0.15, 0.2) is 0 Å². The molecule has 0 fully saturated rings. The van der Waals surface area contributed by atoms with Crippen LogP contribution in [-0.4, -0.2) is 61.3 Å². The fourth-order valence-electron chi connectivity index (χ4n) is 2.68. The predicted molar refractivity (Wildman–Crippen MR) is 85.5 cm³/mol. The van der Waals surface area contributed by atoms with Gasteiger partial charge in [-0.3, -0.25) is 0 Å². The molecule has 0 saturated carbocycles. The molecule has 136 valence electrons. The van der Waals surface area contributed by atoms with E-state index in [1.165, 1.54) is 61.3 Å². The zero-order valence-electron chi connectivity index (χ0n) is 16.3. The number of rotatable bonds is 8. The minimum atomic E-state index is -4.08. The molecule has 0 amide bonds. The molecule has 0 bridgehead atoms. The van der Waals surface area contributed by atoms with Crippen molar-refractivity contribution < 1.29 is 38.3 Å². The standard InChI is InChI=1S/2C8H20N.3O.Ti/c2*1-5-9(6-2,7-3)8-4;;;;/h2*5-8H2,1-4H3;;;;/q2*+1;;2*-1;. The van der Waals surface area contributed by atoms with Gasteiger partial charge in [-0.15, -0.1) is 0 Å². The average Bonchev–Trinajstić information content (AvgIpc) is 2.53. The van der Waals surface area contributed by atoms with Crippen LogP contribution in [0.1, 0.15) is 55.4 Å². The molecular formula is C16H40N2O3Ti. The van der Waals surface area contributed by atoms with Crippen molar-refractivity contribution in [2.75, 3.05) is 52.4 Å². The van der Waals surface area contributed by atoms with Crippen molar-refractivity contribution in [3.05, 3.63) is 0 Å². The second kappa shape index (κ2) is 16.2. The van der Waals surface area contributed by atoms with E-state index in [1.54, 1.807) is 0 Å². The first kappa shape index (κ1) is 27.2. The van der Waals surface area contributed by atoms with Crippen molar-refractivity contribution >= 4 is 0 Å². The second-order valence-electron chi connectivity index (χ2n) is 5.46. The van der Waals surface area contributed by atoms with E-state index in [-0.39, 0.29) is 0 Å². The van der Waals surface area contributed by atoms with E-state index in [0.717, 1.165) is 0 Å². The summed E-state index contributed by atoms with van der Waals surface area (Å²) in [5.74, 6) is 0. The number of hydrogen-bond donors (Lipinski definition) is 0. The Labute approximate surface area is 146 Å². The minimum absolute atomic E-state index is 1.28. The molecule has 0 radical (unpaired) electrons. The Bertz CT molecular complexity index is 197. The van der Waals surface area contributed by atoms with Gasteiger partial charge in [0.25, 0.3) is 0 Å². The maximum atomic E-state index is 8.58. The van der Waals surface area contributed by atoms with Crippen LogP contribution < -0.4 is 7.38 Å². The predicted octanol–water partition coefficient (Wildman–Crippen LogP) is 1.27. The monoisotopic (exact) mass is 356 g/mol. The molecule has 0 aromatic heterocycles. The fourth-order valence-corrected chi connectivity index (χ4v) is 2.68. The van der Waals surface area contributed by atoms with Crippen molar-refractivity contribution in [3.8, 4) is 0 Å². The summed E-state index contributed by atoms with van der Waals surface area (Å²) in [6, 6.07) is 0. The summed E-state index contributed by atoms with van der Waals surface area (Å²) in [5, 5.41) is 0. The van der Waals surface area contributed by atoms with Gasteiger partial charge in [0.2, 0.25) is 0 Å². The summed E-state index contributed by atoms with van der Waals surface area (Å²) >= 11 is -4.08. The zero-order chi connectivity index (χ0) is 18.2. The van der Waals surface area contributed by atoms with E-state index in [2.05, 4.69) is 55.4 Å². The van der Waals surface area contributed by atoms with Crippen LogP contribution in [0.15, 0.2) is 0 Å². The van der Waals surface area contributed by atoms with Gasteiger partial charge in [0.1, 0.15) is 0 Å². The Morgan fingerprint density at radius 1 is 0.545 bits per heavy atom. The van der Waals surface area contributed by atoms with Gasteiger partial charge in [-0.25, -0.2) is 0 Å². The molecule has 0 saturated heterocycles. The average molecular weight is 356 g/mol. The maximum absolute atomic E-state index is 8.58. The van der Waals surface area contributed by atoms with Gasteiger partial charge < -0.3 is 8.97 Å². The third-order valence-electron chi connectivity index (χ3n) is 5.37. The fraction of sp³-hybridized carbons (Fsp3) is 1.00. The van der Waals surface area contributed by atoms with Crippen molar-refractivity contribution in [1.82, 2.24) is 0 Å². The van der Waals surface area contributed by atoms with Crippen LogP contribution in [0.25, 0.3) is 0 Å². The number of quaternary nitrogens is 2. The third kappa shape index (κ3) is 12.9. The van der Waals surface area contributed by atoms with Gasteiger partial charge >= 0.3 is 29.3 Å². The molecule has 0 aromatic rings. The quantitative estimate of drug-likeness (QED) is 0.486. The van der Waals surface area contributed by atoms with Gasteiger partial charge in [-0.2, -0.15) is 0 Å². The van der Waals surface area contributed by atoms with Crippen LogP contribution in [0.5, 0.6) is 0 Å². The molecule has 6 heteroatoms. The van der Waals surface area contributed by atoms with Crippen LogP contribution >= 0.6 is 0 Å². The van der Waals surface area contributed by atoms with Crippen molar-refractivity contribution in [3.63, 3.8) is 0 Å². The van der Waals surface area contributed by atoms with Crippen LogP contribution in [0.4, 0.5) is 0 Å². The van der Waals surface area contributed by atoms with Crippen LogP contribution in [0.2, 0.25) is 0 Å². The van der Waals surface area contributed by atoms with E-state index in [0.29, 0.717) is 0 Å². The molecule has 22 heavy (non-hydrogen) atoms. The second-order valence-corrected chi connectivity index (χ2v) is 6.24. The molecule has 0 aliphatic carbocycles. The van der Waals surface area contributed by atoms with Gasteiger partial charge in [0.05, 0.1) is 52.4 Å². The Balaban J connectivity index is -0.000000266. The summed E-state index contributed by atoms with van der Waals surface area (Å²) in [6.45, 7) is 28.4. The van der Waals surface area contributed by atoms with Gasteiger partial charge in [-0.1, -0.05) is 0 Å². The number of nitrogens with zero attached hydrogens (tertiary/aromatic N) is 2. The Hall–Kier alpha value is 0.354. The van der Waals surface area contributed by atoms with Crippen LogP contribution in [0, 0.1) is 0 Å². The van der Waals surface area contributed by atoms with Gasteiger partial charge in [0, 0.05) is 0 Å². The third-order valence-corrected chi connectivity index (χ3v) is 5.37. The summed E-state index contributed by atoms with van der Waals surface area (Å²) in [4.78, 5) is 0. The first-order valence-corrected chi connectivity index (χ1v) is 10.7. The SMILES string of the molecule is CC[N+](CC)(CC)CC.CC[N+](CC)(CC)CC.[O]=[Ti]([O-])[O-]. The topological polar surface area (TPSA) is 63.2 Å². The first-order chi connectivity index (χ1) is 10.2. The molecular weight excluding hydrogens is 316 g/mol. The van der Waals surface area contributed by atoms with Crippen LogP contribution in [0.3, 0.4) is 0 Å². The molecule has 0 rings (SSSR count). The molecule has 0 aliphatic heterocycles. The molecule has 5 nitrogen and oxygen atoms in total. The number of hydrogen-bond acceptors (Lipinski definition) is 3. The summed E-state index contributed by atoms with van der Waals surface area (Å²) < 4.78 is 28.3. The first-order valence-electron chi connectivity index (χ1n) is 8.80. The van der Waals surface area contributed by atoms with Gasteiger partial charge in [-0.05, 0) is 55.4 Å². The van der Waals surface area contributed by atoms with Crippen LogP contribution in [-0.2, 0) is 21.9 Å². The molecule has 0 atom stereocenters.